The first kappa shape index (κ1) is 20.7. The molecule has 0 saturated heterocycles. The molecule has 1 aromatic carbocycles. The molecule has 0 aliphatic rings. The average molecular weight is 412 g/mol. The van der Waals surface area contributed by atoms with E-state index in [0.29, 0.717) is 17.6 Å². The van der Waals surface area contributed by atoms with Gasteiger partial charge in [-0.25, -0.2) is 14.8 Å². The number of urea groups is 1. The molecule has 2 amide bonds. The zero-order valence-corrected chi connectivity index (χ0v) is 18.1. The van der Waals surface area contributed by atoms with Crippen LogP contribution in [0.5, 0.6) is 0 Å². The van der Waals surface area contributed by atoms with Gasteiger partial charge in [0.25, 0.3) is 0 Å². The molecule has 29 heavy (non-hydrogen) atoms. The molecule has 0 spiro atoms. The Kier molecular flexibility index (Phi) is 6.07. The second kappa shape index (κ2) is 8.52. The molecular weight excluding hydrogens is 386 g/mol. The van der Waals surface area contributed by atoms with Crippen LogP contribution in [0.25, 0.3) is 0 Å². The van der Waals surface area contributed by atoms with E-state index in [4.69, 9.17) is 0 Å². The summed E-state index contributed by atoms with van der Waals surface area (Å²) in [5.74, 6) is 0.605. The van der Waals surface area contributed by atoms with Gasteiger partial charge in [0.05, 0.1) is 12.2 Å². The van der Waals surface area contributed by atoms with Gasteiger partial charge in [0.2, 0.25) is 11.1 Å². The Balaban J connectivity index is 1.66. The molecule has 0 aliphatic carbocycles. The predicted octanol–water partition coefficient (Wildman–Crippen LogP) is 3.38. The highest BCUT2D eigenvalue weighted by Gasteiger charge is 2.28. The van der Waals surface area contributed by atoms with Crippen LogP contribution in [0.1, 0.15) is 30.1 Å². The van der Waals surface area contributed by atoms with Crippen LogP contribution < -0.4 is 10.2 Å². The van der Waals surface area contributed by atoms with Crippen LogP contribution >= 0.6 is 11.3 Å². The predicted molar refractivity (Wildman–Crippen MR) is 115 cm³/mol. The number of anilines is 2. The molecule has 0 bridgehead atoms. The standard InChI is InChI=1S/C20H25N7OS/c1-20(2,14-9-7-6-8-10-14)16-24-25-18(29-16)23-19(28)27(5)13-15-11-12-21-17(22-15)26(3)4/h6-12H,13H2,1-5H3,(H,23,25,28). The normalized spacial score (nSPS) is 11.2. The van der Waals surface area contributed by atoms with Crippen LogP contribution in [0.4, 0.5) is 15.9 Å². The molecule has 2 aromatic heterocycles. The molecule has 0 aliphatic heterocycles. The van der Waals surface area contributed by atoms with Crippen LogP contribution in [0.15, 0.2) is 42.6 Å². The number of amides is 2. The highest BCUT2D eigenvalue weighted by Crippen LogP contribution is 2.34. The number of aromatic nitrogens is 4. The summed E-state index contributed by atoms with van der Waals surface area (Å²) in [5, 5.41) is 12.6. The van der Waals surface area contributed by atoms with E-state index in [1.807, 2.05) is 37.2 Å². The largest absolute Gasteiger partial charge is 0.347 e. The maximum absolute atomic E-state index is 12.6. The van der Waals surface area contributed by atoms with E-state index in [2.05, 4.69) is 51.5 Å². The van der Waals surface area contributed by atoms with Crippen molar-refractivity contribution in [1.29, 1.82) is 0 Å². The van der Waals surface area contributed by atoms with E-state index < -0.39 is 0 Å². The van der Waals surface area contributed by atoms with Gasteiger partial charge in [-0.2, -0.15) is 0 Å². The second-order valence-corrected chi connectivity index (χ2v) is 8.41. The van der Waals surface area contributed by atoms with E-state index in [-0.39, 0.29) is 11.4 Å². The molecule has 3 rings (SSSR count). The Bertz CT molecular complexity index is 972. The fourth-order valence-corrected chi connectivity index (χ4v) is 3.55. The van der Waals surface area contributed by atoms with Crippen molar-refractivity contribution in [3.05, 3.63) is 58.9 Å². The number of carbonyl (C=O) groups excluding carboxylic acids is 1. The summed E-state index contributed by atoms with van der Waals surface area (Å²) in [4.78, 5) is 24.6. The van der Waals surface area contributed by atoms with Crippen molar-refractivity contribution in [2.75, 3.05) is 31.4 Å². The Morgan fingerprint density at radius 1 is 1.10 bits per heavy atom. The van der Waals surface area contributed by atoms with Gasteiger partial charge in [0.1, 0.15) is 5.01 Å². The lowest BCUT2D eigenvalue weighted by atomic mass is 9.85. The van der Waals surface area contributed by atoms with Gasteiger partial charge in [-0.05, 0) is 25.5 Å². The Morgan fingerprint density at radius 2 is 1.83 bits per heavy atom. The lowest BCUT2D eigenvalue weighted by molar-refractivity contribution is 0.220. The van der Waals surface area contributed by atoms with Crippen LogP contribution in [0, 0.1) is 0 Å². The summed E-state index contributed by atoms with van der Waals surface area (Å²) >= 11 is 1.38. The van der Waals surface area contributed by atoms with E-state index in [1.54, 1.807) is 24.2 Å². The van der Waals surface area contributed by atoms with Crippen molar-refractivity contribution in [3.8, 4) is 0 Å². The summed E-state index contributed by atoms with van der Waals surface area (Å²) in [6.07, 6.45) is 1.69. The minimum atomic E-state index is -0.294. The third-order valence-electron chi connectivity index (χ3n) is 4.52. The molecule has 2 heterocycles. The summed E-state index contributed by atoms with van der Waals surface area (Å²) < 4.78 is 0. The van der Waals surface area contributed by atoms with Gasteiger partial charge in [-0.15, -0.1) is 10.2 Å². The Hall–Kier alpha value is -3.07. The number of carbonyl (C=O) groups is 1. The number of benzene rings is 1. The van der Waals surface area contributed by atoms with E-state index >= 15 is 0 Å². The van der Waals surface area contributed by atoms with Crippen LogP contribution in [0.3, 0.4) is 0 Å². The molecule has 0 saturated carbocycles. The van der Waals surface area contributed by atoms with E-state index in [1.165, 1.54) is 11.3 Å². The molecule has 0 unspecified atom stereocenters. The summed E-state index contributed by atoms with van der Waals surface area (Å²) in [7, 11) is 5.46. The zero-order valence-electron chi connectivity index (χ0n) is 17.2. The highest BCUT2D eigenvalue weighted by atomic mass is 32.1. The van der Waals surface area contributed by atoms with Crippen molar-refractivity contribution in [3.63, 3.8) is 0 Å². The van der Waals surface area contributed by atoms with Crippen molar-refractivity contribution in [2.24, 2.45) is 0 Å². The van der Waals surface area contributed by atoms with Gasteiger partial charge < -0.3 is 9.80 Å². The summed E-state index contributed by atoms with van der Waals surface area (Å²) in [5.41, 5.74) is 1.60. The van der Waals surface area contributed by atoms with Gasteiger partial charge >= 0.3 is 6.03 Å². The Labute approximate surface area is 174 Å². The maximum Gasteiger partial charge on any atom is 0.323 e. The van der Waals surface area contributed by atoms with Crippen molar-refractivity contribution < 1.29 is 4.79 Å². The molecule has 0 atom stereocenters. The molecule has 9 heteroatoms. The Morgan fingerprint density at radius 3 is 2.52 bits per heavy atom. The van der Waals surface area contributed by atoms with Crippen LogP contribution in [0.2, 0.25) is 0 Å². The lowest BCUT2D eigenvalue weighted by Crippen LogP contribution is -2.31. The minimum Gasteiger partial charge on any atom is -0.347 e. The molecular formula is C20H25N7OS. The first-order chi connectivity index (χ1) is 13.8. The number of nitrogens with one attached hydrogen (secondary N) is 1. The number of hydrogen-bond donors (Lipinski definition) is 1. The molecule has 3 aromatic rings. The molecule has 0 fully saturated rings. The molecule has 8 nitrogen and oxygen atoms in total. The highest BCUT2D eigenvalue weighted by molar-refractivity contribution is 7.15. The third-order valence-corrected chi connectivity index (χ3v) is 5.68. The molecule has 152 valence electrons. The quantitative estimate of drug-likeness (QED) is 0.669. The second-order valence-electron chi connectivity index (χ2n) is 7.43. The van der Waals surface area contributed by atoms with Crippen molar-refractivity contribution in [1.82, 2.24) is 25.1 Å². The third kappa shape index (κ3) is 4.86. The van der Waals surface area contributed by atoms with Crippen molar-refractivity contribution in [2.45, 2.75) is 25.8 Å². The van der Waals surface area contributed by atoms with Gasteiger partial charge in [0.15, 0.2) is 0 Å². The fourth-order valence-electron chi connectivity index (χ4n) is 2.69. The lowest BCUT2D eigenvalue weighted by Gasteiger charge is -2.21. The molecule has 1 N–H and O–H groups in total. The average Bonchev–Trinajstić information content (AvgIpc) is 3.18. The SMILES string of the molecule is CN(Cc1ccnc(N(C)C)n1)C(=O)Nc1nnc(C(C)(C)c2ccccc2)s1. The van der Waals surface area contributed by atoms with Crippen molar-refractivity contribution >= 4 is 28.4 Å². The van der Waals surface area contributed by atoms with Gasteiger partial charge in [-0.3, -0.25) is 5.32 Å². The monoisotopic (exact) mass is 411 g/mol. The van der Waals surface area contributed by atoms with Gasteiger partial charge in [0, 0.05) is 32.8 Å². The van der Waals surface area contributed by atoms with E-state index in [0.717, 1.165) is 16.3 Å². The topological polar surface area (TPSA) is 87.1 Å². The molecule has 0 radical (unpaired) electrons. The summed E-state index contributed by atoms with van der Waals surface area (Å²) in [6, 6.07) is 11.7. The maximum atomic E-state index is 12.6. The fraction of sp³-hybridized carbons (Fsp3) is 0.350. The minimum absolute atomic E-state index is 0.268. The summed E-state index contributed by atoms with van der Waals surface area (Å²) in [6.45, 7) is 4.55. The number of hydrogen-bond acceptors (Lipinski definition) is 7. The number of nitrogens with zero attached hydrogens (tertiary/aromatic N) is 6. The smallest absolute Gasteiger partial charge is 0.323 e. The van der Waals surface area contributed by atoms with E-state index in [9.17, 15) is 4.79 Å². The first-order valence-electron chi connectivity index (χ1n) is 9.18. The van der Waals surface area contributed by atoms with Gasteiger partial charge in [-0.1, -0.05) is 41.7 Å². The zero-order chi connectivity index (χ0) is 21.0. The van der Waals surface area contributed by atoms with Crippen LogP contribution in [-0.2, 0) is 12.0 Å². The first-order valence-corrected chi connectivity index (χ1v) is 10.00. The number of rotatable bonds is 6. The van der Waals surface area contributed by atoms with Crippen LogP contribution in [-0.4, -0.2) is 52.2 Å².